The molecule has 2 nitrogen and oxygen atoms in total. The van der Waals surface area contributed by atoms with Crippen molar-refractivity contribution >= 4 is 0 Å². The largest absolute Gasteiger partial charge is 0.464 e. The number of ether oxygens (including phenoxy) is 2. The van der Waals surface area contributed by atoms with Crippen LogP contribution in [0.4, 0.5) is 4.39 Å². The Morgan fingerprint density at radius 1 is 1.40 bits per heavy atom. The molecule has 0 N–H and O–H groups in total. The zero-order valence-electron chi connectivity index (χ0n) is 12.3. The number of hydrogen-bond acceptors (Lipinski definition) is 2. The number of fused-ring (bicyclic) bond motifs is 1. The zero-order chi connectivity index (χ0) is 14.4. The Kier molecular flexibility index (Phi) is 5.60. The van der Waals surface area contributed by atoms with E-state index < -0.39 is 0 Å². The van der Waals surface area contributed by atoms with Gasteiger partial charge in [-0.15, -0.1) is 0 Å². The first-order valence-electron chi connectivity index (χ1n) is 7.29. The fourth-order valence-electron chi connectivity index (χ4n) is 2.84. The van der Waals surface area contributed by atoms with Crippen molar-refractivity contribution in [2.24, 2.45) is 5.92 Å². The number of allylic oxidation sites excluding steroid dienone is 2. The van der Waals surface area contributed by atoms with Crippen molar-refractivity contribution in [1.29, 1.82) is 0 Å². The number of rotatable bonds is 6. The first-order chi connectivity index (χ1) is 9.76. The molecule has 3 heteroatoms. The van der Waals surface area contributed by atoms with Gasteiger partial charge in [-0.2, -0.15) is 0 Å². The van der Waals surface area contributed by atoms with E-state index in [-0.39, 0.29) is 12.6 Å². The van der Waals surface area contributed by atoms with E-state index in [4.69, 9.17) is 9.47 Å². The average Bonchev–Trinajstić information content (AvgIpc) is 2.47. The second kappa shape index (κ2) is 7.44. The van der Waals surface area contributed by atoms with E-state index in [1.54, 1.807) is 6.07 Å². The Morgan fingerprint density at radius 2 is 2.25 bits per heavy atom. The van der Waals surface area contributed by atoms with Crippen LogP contribution in [0.1, 0.15) is 37.3 Å². The van der Waals surface area contributed by atoms with Crippen molar-refractivity contribution in [3.05, 3.63) is 41.2 Å². The molecule has 0 radical (unpaired) electrons. The van der Waals surface area contributed by atoms with Crippen LogP contribution in [0.15, 0.2) is 24.3 Å². The van der Waals surface area contributed by atoms with Crippen LogP contribution in [0.2, 0.25) is 0 Å². The highest BCUT2D eigenvalue weighted by Gasteiger charge is 2.22. The lowest BCUT2D eigenvalue weighted by Crippen LogP contribution is -2.16. The smallest absolute Gasteiger partial charge is 0.188 e. The van der Waals surface area contributed by atoms with Gasteiger partial charge in [0.25, 0.3) is 0 Å². The average molecular weight is 278 g/mol. The van der Waals surface area contributed by atoms with Crippen molar-refractivity contribution in [1.82, 2.24) is 0 Å². The van der Waals surface area contributed by atoms with Gasteiger partial charge in [0.1, 0.15) is 0 Å². The van der Waals surface area contributed by atoms with E-state index in [0.717, 1.165) is 36.8 Å². The second-order valence-electron chi connectivity index (χ2n) is 5.32. The number of halogens is 1. The van der Waals surface area contributed by atoms with Crippen molar-refractivity contribution in [3.63, 3.8) is 0 Å². The molecule has 1 aliphatic carbocycles. The molecule has 110 valence electrons. The third-order valence-corrected chi connectivity index (χ3v) is 3.93. The van der Waals surface area contributed by atoms with Crippen molar-refractivity contribution < 1.29 is 13.9 Å². The van der Waals surface area contributed by atoms with Gasteiger partial charge >= 0.3 is 0 Å². The summed E-state index contributed by atoms with van der Waals surface area (Å²) >= 11 is 0. The van der Waals surface area contributed by atoms with Gasteiger partial charge in [-0.25, -0.2) is 4.39 Å². The molecule has 0 aromatic heterocycles. The maximum Gasteiger partial charge on any atom is 0.188 e. The molecule has 20 heavy (non-hydrogen) atoms. The van der Waals surface area contributed by atoms with Crippen LogP contribution in [-0.4, -0.2) is 13.9 Å². The topological polar surface area (TPSA) is 18.5 Å². The second-order valence-corrected chi connectivity index (χ2v) is 5.32. The molecule has 1 aromatic rings. The van der Waals surface area contributed by atoms with E-state index in [2.05, 4.69) is 12.2 Å². The molecule has 0 saturated carbocycles. The van der Waals surface area contributed by atoms with Crippen molar-refractivity contribution in [2.75, 3.05) is 13.9 Å². The fourth-order valence-corrected chi connectivity index (χ4v) is 2.84. The molecule has 1 atom stereocenters. The molecule has 1 aliphatic rings. The quantitative estimate of drug-likeness (QED) is 0.571. The Balaban J connectivity index is 2.04. The Labute approximate surface area is 120 Å². The molecule has 0 bridgehead atoms. The molecular weight excluding hydrogens is 255 g/mol. The number of hydrogen-bond donors (Lipinski definition) is 0. The van der Waals surface area contributed by atoms with E-state index in [1.807, 2.05) is 13.0 Å². The summed E-state index contributed by atoms with van der Waals surface area (Å²) in [6.45, 7) is 2.13. The Morgan fingerprint density at radius 3 is 3.00 bits per heavy atom. The van der Waals surface area contributed by atoms with Gasteiger partial charge < -0.3 is 9.47 Å². The minimum Gasteiger partial charge on any atom is -0.464 e. The van der Waals surface area contributed by atoms with Gasteiger partial charge in [0.05, 0.1) is 0 Å². The first-order valence-corrected chi connectivity index (χ1v) is 7.29. The number of benzene rings is 1. The minimum atomic E-state index is -0.202. The third kappa shape index (κ3) is 3.60. The van der Waals surface area contributed by atoms with E-state index in [9.17, 15) is 4.39 Å². The Hall–Kier alpha value is -1.35. The fraction of sp³-hybridized carbons (Fsp3) is 0.529. The lowest BCUT2D eigenvalue weighted by molar-refractivity contribution is 0.0481. The molecular formula is C17H23FO2. The van der Waals surface area contributed by atoms with Crippen LogP contribution in [-0.2, 0) is 17.6 Å². The lowest BCUT2D eigenvalue weighted by atomic mass is 9.81. The van der Waals surface area contributed by atoms with Crippen LogP contribution in [0.25, 0.3) is 0 Å². The summed E-state index contributed by atoms with van der Waals surface area (Å²) in [6.07, 6.45) is 9.46. The summed E-state index contributed by atoms with van der Waals surface area (Å²) in [5.74, 6) is 0.772. The van der Waals surface area contributed by atoms with Gasteiger partial charge in [-0.05, 0) is 62.1 Å². The molecule has 0 spiro atoms. The summed E-state index contributed by atoms with van der Waals surface area (Å²) in [6, 6.07) is 3.73. The van der Waals surface area contributed by atoms with Crippen LogP contribution in [0, 0.1) is 11.7 Å². The van der Waals surface area contributed by atoms with Crippen molar-refractivity contribution in [2.45, 2.75) is 39.0 Å². The maximum absolute atomic E-state index is 14.3. The highest BCUT2D eigenvalue weighted by molar-refractivity contribution is 5.39. The zero-order valence-corrected chi connectivity index (χ0v) is 12.3. The molecule has 2 rings (SSSR count). The highest BCUT2D eigenvalue weighted by atomic mass is 19.1. The standard InChI is InChI=1S/C17H23FO2/c1-3-4-5-6-13-7-9-15-14(11-13)8-10-16(17(15)18)20-12-19-2/h3-4,8,10,13H,5-7,9,11-12H2,1-2H3. The molecule has 0 fully saturated rings. The van der Waals surface area contributed by atoms with Crippen LogP contribution < -0.4 is 4.74 Å². The van der Waals surface area contributed by atoms with Gasteiger partial charge in [-0.1, -0.05) is 18.2 Å². The lowest BCUT2D eigenvalue weighted by Gasteiger charge is -2.25. The summed E-state index contributed by atoms with van der Waals surface area (Å²) in [4.78, 5) is 0. The van der Waals surface area contributed by atoms with Crippen LogP contribution >= 0.6 is 0 Å². The Bertz CT molecular complexity index is 468. The van der Waals surface area contributed by atoms with E-state index >= 15 is 0 Å². The van der Waals surface area contributed by atoms with Crippen molar-refractivity contribution in [3.8, 4) is 5.75 Å². The van der Waals surface area contributed by atoms with Gasteiger partial charge in [0.2, 0.25) is 0 Å². The monoisotopic (exact) mass is 278 g/mol. The summed E-state index contributed by atoms with van der Waals surface area (Å²) in [7, 11) is 1.53. The summed E-state index contributed by atoms with van der Waals surface area (Å²) in [5.41, 5.74) is 1.98. The normalized spacial score (nSPS) is 18.2. The van der Waals surface area contributed by atoms with Crippen LogP contribution in [0.3, 0.4) is 0 Å². The van der Waals surface area contributed by atoms with Gasteiger partial charge in [0, 0.05) is 7.11 Å². The minimum absolute atomic E-state index is 0.0850. The predicted molar refractivity (Wildman–Crippen MR) is 78.5 cm³/mol. The molecule has 0 saturated heterocycles. The predicted octanol–water partition coefficient (Wildman–Crippen LogP) is 4.27. The summed E-state index contributed by atoms with van der Waals surface area (Å²) in [5, 5.41) is 0. The SMILES string of the molecule is CC=CCCC1CCc2c(ccc(OCOC)c2F)C1. The summed E-state index contributed by atoms with van der Waals surface area (Å²) < 4.78 is 24.4. The van der Waals surface area contributed by atoms with E-state index in [1.165, 1.54) is 13.5 Å². The van der Waals surface area contributed by atoms with Gasteiger partial charge in [0.15, 0.2) is 18.4 Å². The van der Waals surface area contributed by atoms with E-state index in [0.29, 0.717) is 11.7 Å². The molecule has 0 amide bonds. The number of methoxy groups -OCH3 is 1. The maximum atomic E-state index is 14.3. The van der Waals surface area contributed by atoms with Gasteiger partial charge in [-0.3, -0.25) is 0 Å². The molecule has 1 unspecified atom stereocenters. The van der Waals surface area contributed by atoms with Crippen LogP contribution in [0.5, 0.6) is 5.75 Å². The first kappa shape index (κ1) is 15.0. The molecule has 1 aromatic carbocycles. The highest BCUT2D eigenvalue weighted by Crippen LogP contribution is 2.33. The third-order valence-electron chi connectivity index (χ3n) is 3.93. The molecule has 0 heterocycles. The molecule has 0 aliphatic heterocycles.